The first-order valence-electron chi connectivity index (χ1n) is 11.1. The highest BCUT2D eigenvalue weighted by molar-refractivity contribution is 5.97. The van der Waals surface area contributed by atoms with Crippen molar-refractivity contribution in [3.05, 3.63) is 29.8 Å². The van der Waals surface area contributed by atoms with Gasteiger partial charge < -0.3 is 10.1 Å². The Kier molecular flexibility index (Phi) is 6.19. The quantitative estimate of drug-likeness (QED) is 0.682. The molecule has 1 aromatic carbocycles. The van der Waals surface area contributed by atoms with Gasteiger partial charge in [-0.05, 0) is 87.9 Å². The second-order valence-corrected chi connectivity index (χ2v) is 9.76. The van der Waals surface area contributed by atoms with Crippen LogP contribution >= 0.6 is 0 Å². The summed E-state index contributed by atoms with van der Waals surface area (Å²) in [7, 11) is 1.75. The molecule has 1 atom stereocenters. The first kappa shape index (κ1) is 22.0. The first-order chi connectivity index (χ1) is 14.7. The average molecular weight is 436 g/mol. The van der Waals surface area contributed by atoms with Crippen LogP contribution in [-0.4, -0.2) is 42.1 Å². The van der Waals surface area contributed by atoms with Gasteiger partial charge in [0.25, 0.3) is 0 Å². The van der Waals surface area contributed by atoms with Gasteiger partial charge in [0.2, 0.25) is 5.91 Å². The molecule has 0 aliphatic heterocycles. The molecule has 0 spiro atoms. The van der Waals surface area contributed by atoms with Crippen molar-refractivity contribution in [2.75, 3.05) is 7.05 Å². The van der Waals surface area contributed by atoms with Crippen LogP contribution in [0.25, 0.3) is 0 Å². The van der Waals surface area contributed by atoms with Crippen LogP contribution in [0.1, 0.15) is 51.0 Å². The maximum Gasteiger partial charge on any atom is 0.387 e. The van der Waals surface area contributed by atoms with Gasteiger partial charge in [0.05, 0.1) is 6.04 Å². The Hall–Kier alpha value is -2.22. The van der Waals surface area contributed by atoms with Crippen molar-refractivity contribution < 1.29 is 23.1 Å². The van der Waals surface area contributed by atoms with E-state index in [4.69, 9.17) is 0 Å². The molecule has 5 rings (SSSR count). The van der Waals surface area contributed by atoms with Gasteiger partial charge in [0, 0.05) is 12.1 Å². The number of imide groups is 1. The van der Waals surface area contributed by atoms with Crippen molar-refractivity contribution in [3.8, 4) is 5.75 Å². The van der Waals surface area contributed by atoms with Crippen LogP contribution in [-0.2, 0) is 11.3 Å². The predicted octanol–water partition coefficient (Wildman–Crippen LogP) is 3.90. The zero-order valence-electron chi connectivity index (χ0n) is 18.1. The number of rotatable bonds is 7. The van der Waals surface area contributed by atoms with E-state index in [1.54, 1.807) is 31.0 Å². The largest absolute Gasteiger partial charge is 0.435 e. The van der Waals surface area contributed by atoms with Crippen LogP contribution < -0.4 is 15.4 Å². The lowest BCUT2D eigenvalue weighted by Gasteiger charge is -2.56. The summed E-state index contributed by atoms with van der Waals surface area (Å²) in [5.74, 6) is 1.81. The van der Waals surface area contributed by atoms with Gasteiger partial charge in [-0.3, -0.25) is 15.0 Å². The molecule has 0 radical (unpaired) electrons. The summed E-state index contributed by atoms with van der Waals surface area (Å²) in [6.45, 7) is -0.816. The SMILES string of the molecule is CC(C(=O)NC(=O)NC12CC3CC(CC(C3)C1)C2)N(C)Cc1cccc(OC(F)F)c1. The zero-order valence-corrected chi connectivity index (χ0v) is 18.1. The highest BCUT2D eigenvalue weighted by Crippen LogP contribution is 2.55. The van der Waals surface area contributed by atoms with Crippen molar-refractivity contribution in [1.82, 2.24) is 15.5 Å². The second kappa shape index (κ2) is 8.73. The van der Waals surface area contributed by atoms with E-state index in [2.05, 4.69) is 15.4 Å². The minimum Gasteiger partial charge on any atom is -0.435 e. The molecular weight excluding hydrogens is 404 g/mol. The van der Waals surface area contributed by atoms with Crippen molar-refractivity contribution in [2.24, 2.45) is 17.8 Å². The van der Waals surface area contributed by atoms with Crippen LogP contribution in [0.4, 0.5) is 13.6 Å². The molecule has 4 aliphatic rings. The van der Waals surface area contributed by atoms with Gasteiger partial charge in [0.15, 0.2) is 0 Å². The Morgan fingerprint density at radius 3 is 2.35 bits per heavy atom. The lowest BCUT2D eigenvalue weighted by Crippen LogP contribution is -2.62. The number of amides is 3. The molecule has 31 heavy (non-hydrogen) atoms. The molecule has 0 saturated heterocycles. The third kappa shape index (κ3) is 5.17. The average Bonchev–Trinajstić information content (AvgIpc) is 2.65. The standard InChI is InChI=1S/C23H31F2N3O3/c1-14(28(2)13-15-4-3-5-19(9-15)31-21(24)25)20(29)26-22(30)27-23-10-16-6-17(11-23)8-18(7-16)12-23/h3-5,9,14,16-18,21H,6-8,10-13H2,1-2H3,(H2,26,27,29,30). The number of nitrogens with one attached hydrogen (secondary N) is 2. The molecule has 4 bridgehead atoms. The molecule has 0 aromatic heterocycles. The molecule has 1 unspecified atom stereocenters. The van der Waals surface area contributed by atoms with E-state index in [9.17, 15) is 18.4 Å². The van der Waals surface area contributed by atoms with E-state index < -0.39 is 18.7 Å². The minimum absolute atomic E-state index is 0.0768. The van der Waals surface area contributed by atoms with Gasteiger partial charge in [-0.1, -0.05) is 12.1 Å². The van der Waals surface area contributed by atoms with Crippen molar-refractivity contribution in [2.45, 2.75) is 70.2 Å². The molecule has 4 aliphatic carbocycles. The summed E-state index contributed by atoms with van der Waals surface area (Å²) in [6.07, 6.45) is 6.92. The Balaban J connectivity index is 1.29. The van der Waals surface area contributed by atoms with Gasteiger partial charge in [-0.15, -0.1) is 0 Å². The molecular formula is C23H31F2N3O3. The molecule has 2 N–H and O–H groups in total. The maximum absolute atomic E-state index is 12.6. The third-order valence-corrected chi connectivity index (χ3v) is 7.25. The van der Waals surface area contributed by atoms with Crippen LogP contribution in [0.2, 0.25) is 0 Å². The van der Waals surface area contributed by atoms with Crippen LogP contribution in [0.5, 0.6) is 5.75 Å². The molecule has 170 valence electrons. The monoisotopic (exact) mass is 435 g/mol. The zero-order chi connectivity index (χ0) is 22.2. The summed E-state index contributed by atoms with van der Waals surface area (Å²) in [4.78, 5) is 27.0. The Labute approximate surface area is 181 Å². The first-order valence-corrected chi connectivity index (χ1v) is 11.1. The van der Waals surface area contributed by atoms with E-state index in [0.717, 1.165) is 24.8 Å². The lowest BCUT2D eigenvalue weighted by molar-refractivity contribution is -0.124. The molecule has 4 saturated carbocycles. The predicted molar refractivity (Wildman–Crippen MR) is 112 cm³/mol. The summed E-state index contributed by atoms with van der Waals surface area (Å²) >= 11 is 0. The third-order valence-electron chi connectivity index (χ3n) is 7.25. The summed E-state index contributed by atoms with van der Waals surface area (Å²) in [5, 5.41) is 5.65. The highest BCUT2D eigenvalue weighted by Gasteiger charge is 2.51. The number of ether oxygens (including phenoxy) is 1. The number of hydrogen-bond donors (Lipinski definition) is 2. The van der Waals surface area contributed by atoms with E-state index in [1.165, 1.54) is 31.4 Å². The minimum atomic E-state index is -2.88. The van der Waals surface area contributed by atoms with Crippen molar-refractivity contribution >= 4 is 11.9 Å². The van der Waals surface area contributed by atoms with E-state index in [1.807, 2.05) is 0 Å². The van der Waals surface area contributed by atoms with Crippen LogP contribution in [0, 0.1) is 17.8 Å². The van der Waals surface area contributed by atoms with E-state index in [-0.39, 0.29) is 17.2 Å². The van der Waals surface area contributed by atoms with E-state index >= 15 is 0 Å². The van der Waals surface area contributed by atoms with Gasteiger partial charge in [-0.2, -0.15) is 8.78 Å². The fourth-order valence-corrected chi connectivity index (χ4v) is 6.20. The fraction of sp³-hybridized carbons (Fsp3) is 0.652. The Morgan fingerprint density at radius 2 is 1.77 bits per heavy atom. The molecule has 1 aromatic rings. The summed E-state index contributed by atoms with van der Waals surface area (Å²) < 4.78 is 29.3. The molecule has 4 fully saturated rings. The smallest absolute Gasteiger partial charge is 0.387 e. The summed E-state index contributed by atoms with van der Waals surface area (Å²) in [5.41, 5.74) is 0.581. The number of nitrogens with zero attached hydrogens (tertiary/aromatic N) is 1. The fourth-order valence-electron chi connectivity index (χ4n) is 6.20. The molecule has 8 heteroatoms. The van der Waals surface area contributed by atoms with Crippen molar-refractivity contribution in [3.63, 3.8) is 0 Å². The highest BCUT2D eigenvalue weighted by atomic mass is 19.3. The lowest BCUT2D eigenvalue weighted by atomic mass is 9.53. The topological polar surface area (TPSA) is 70.7 Å². The van der Waals surface area contributed by atoms with E-state index in [0.29, 0.717) is 24.3 Å². The number of alkyl halides is 2. The number of hydrogen-bond acceptors (Lipinski definition) is 4. The molecule has 6 nitrogen and oxygen atoms in total. The van der Waals surface area contributed by atoms with Gasteiger partial charge in [-0.25, -0.2) is 4.79 Å². The second-order valence-electron chi connectivity index (χ2n) is 9.76. The number of urea groups is 1. The maximum atomic E-state index is 12.6. The van der Waals surface area contributed by atoms with Crippen LogP contribution in [0.15, 0.2) is 24.3 Å². The summed E-state index contributed by atoms with van der Waals surface area (Å²) in [6, 6.07) is 5.40. The Morgan fingerprint density at radius 1 is 1.16 bits per heavy atom. The van der Waals surface area contributed by atoms with Crippen molar-refractivity contribution in [1.29, 1.82) is 0 Å². The molecule has 0 heterocycles. The van der Waals surface area contributed by atoms with Crippen LogP contribution in [0.3, 0.4) is 0 Å². The number of benzene rings is 1. The normalized spacial score (nSPS) is 29.8. The number of likely N-dealkylation sites (N-methyl/N-ethyl adjacent to an activating group) is 1. The van der Waals surface area contributed by atoms with Gasteiger partial charge in [0.1, 0.15) is 5.75 Å². The Bertz CT molecular complexity index is 797. The number of carbonyl (C=O) groups is 2. The van der Waals surface area contributed by atoms with Gasteiger partial charge >= 0.3 is 12.6 Å². The number of halogens is 2. The molecule has 3 amide bonds. The number of carbonyl (C=O) groups excluding carboxylic acids is 2.